The van der Waals surface area contributed by atoms with Crippen LogP contribution in [0.2, 0.25) is 0 Å². The van der Waals surface area contributed by atoms with Crippen molar-refractivity contribution >= 4 is 17.3 Å². The van der Waals surface area contributed by atoms with E-state index in [9.17, 15) is 9.50 Å². The topological polar surface area (TPSA) is 23.5 Å². The van der Waals surface area contributed by atoms with Crippen LogP contribution in [0.3, 0.4) is 0 Å². The van der Waals surface area contributed by atoms with Crippen LogP contribution in [0.15, 0.2) is 47.7 Å². The summed E-state index contributed by atoms with van der Waals surface area (Å²) in [5.41, 5.74) is 1.65. The second kappa shape index (κ2) is 4.26. The standard InChI is InChI=1S/C13H11ClFNO/c1-8-11(14)5-6-13(16(8)2)10-4-3-9(17)7-12(10)15/h3-7,17H,1H2,2H3. The average molecular weight is 252 g/mol. The summed E-state index contributed by atoms with van der Waals surface area (Å²) in [4.78, 5) is 1.71. The minimum Gasteiger partial charge on any atom is -0.508 e. The molecule has 1 aromatic rings. The molecule has 2 rings (SSSR count). The summed E-state index contributed by atoms with van der Waals surface area (Å²) in [7, 11) is 1.76. The van der Waals surface area contributed by atoms with Crippen molar-refractivity contribution in [3.05, 3.63) is 59.0 Å². The summed E-state index contributed by atoms with van der Waals surface area (Å²) in [6.07, 6.45) is 3.39. The van der Waals surface area contributed by atoms with Gasteiger partial charge in [-0.15, -0.1) is 0 Å². The lowest BCUT2D eigenvalue weighted by Gasteiger charge is -2.27. The molecule has 1 aliphatic rings. The Hall–Kier alpha value is -1.74. The molecular weight excluding hydrogens is 241 g/mol. The van der Waals surface area contributed by atoms with Gasteiger partial charge in [-0.25, -0.2) is 4.39 Å². The van der Waals surface area contributed by atoms with Crippen molar-refractivity contribution in [2.24, 2.45) is 0 Å². The second-order valence-electron chi connectivity index (χ2n) is 3.74. The summed E-state index contributed by atoms with van der Waals surface area (Å²) < 4.78 is 13.7. The fourth-order valence-corrected chi connectivity index (χ4v) is 1.84. The summed E-state index contributed by atoms with van der Waals surface area (Å²) >= 11 is 5.92. The number of allylic oxidation sites excluding steroid dienone is 3. The molecule has 0 amide bonds. The molecule has 0 atom stereocenters. The molecule has 0 bridgehead atoms. The van der Waals surface area contributed by atoms with Gasteiger partial charge in [0.25, 0.3) is 0 Å². The maximum absolute atomic E-state index is 13.7. The molecule has 0 radical (unpaired) electrons. The molecule has 88 valence electrons. The highest BCUT2D eigenvalue weighted by Gasteiger charge is 2.18. The first-order valence-corrected chi connectivity index (χ1v) is 5.38. The van der Waals surface area contributed by atoms with Crippen molar-refractivity contribution in [3.8, 4) is 5.75 Å². The fraction of sp³-hybridized carbons (Fsp3) is 0.0769. The third-order valence-electron chi connectivity index (χ3n) is 2.66. The molecule has 0 aliphatic carbocycles. The molecule has 0 spiro atoms. The molecule has 1 N–H and O–H groups in total. The number of hydrogen-bond donors (Lipinski definition) is 1. The van der Waals surface area contributed by atoms with Gasteiger partial charge in [0.05, 0.1) is 16.4 Å². The predicted molar refractivity (Wildman–Crippen MR) is 66.9 cm³/mol. The zero-order valence-electron chi connectivity index (χ0n) is 9.24. The number of likely N-dealkylation sites (N-methyl/N-ethyl adjacent to an activating group) is 1. The summed E-state index contributed by atoms with van der Waals surface area (Å²) in [6.45, 7) is 3.81. The molecule has 0 fully saturated rings. The van der Waals surface area contributed by atoms with Crippen LogP contribution in [0.5, 0.6) is 5.75 Å². The molecule has 17 heavy (non-hydrogen) atoms. The van der Waals surface area contributed by atoms with E-state index in [1.54, 1.807) is 24.1 Å². The van der Waals surface area contributed by atoms with Gasteiger partial charge in [0, 0.05) is 18.7 Å². The molecule has 0 aromatic heterocycles. The van der Waals surface area contributed by atoms with Gasteiger partial charge in [-0.2, -0.15) is 0 Å². The minimum absolute atomic E-state index is 0.0993. The van der Waals surface area contributed by atoms with E-state index in [1.807, 2.05) is 0 Å². The molecule has 0 saturated heterocycles. The van der Waals surface area contributed by atoms with Gasteiger partial charge in [-0.1, -0.05) is 18.2 Å². The Morgan fingerprint density at radius 2 is 2.06 bits per heavy atom. The summed E-state index contributed by atoms with van der Waals surface area (Å²) in [6, 6.07) is 4.04. The smallest absolute Gasteiger partial charge is 0.136 e. The van der Waals surface area contributed by atoms with Gasteiger partial charge < -0.3 is 10.0 Å². The van der Waals surface area contributed by atoms with Crippen LogP contribution in [0.4, 0.5) is 4.39 Å². The number of halogens is 2. The van der Waals surface area contributed by atoms with E-state index >= 15 is 0 Å². The Morgan fingerprint density at radius 3 is 2.71 bits per heavy atom. The van der Waals surface area contributed by atoms with Gasteiger partial charge in [0.2, 0.25) is 0 Å². The van der Waals surface area contributed by atoms with Crippen LogP contribution in [-0.4, -0.2) is 17.1 Å². The Labute approximate surface area is 104 Å². The van der Waals surface area contributed by atoms with E-state index in [0.717, 1.165) is 6.07 Å². The first-order chi connectivity index (χ1) is 8.00. The van der Waals surface area contributed by atoms with E-state index < -0.39 is 5.82 Å². The maximum Gasteiger partial charge on any atom is 0.136 e. The highest BCUT2D eigenvalue weighted by atomic mass is 35.5. The van der Waals surface area contributed by atoms with Crippen LogP contribution < -0.4 is 0 Å². The van der Waals surface area contributed by atoms with Crippen molar-refractivity contribution in [2.45, 2.75) is 0 Å². The van der Waals surface area contributed by atoms with Gasteiger partial charge in [-0.3, -0.25) is 0 Å². The van der Waals surface area contributed by atoms with E-state index in [-0.39, 0.29) is 5.75 Å². The summed E-state index contributed by atoms with van der Waals surface area (Å²) in [5.74, 6) is -0.583. The monoisotopic (exact) mass is 251 g/mol. The molecule has 0 saturated carbocycles. The average Bonchev–Trinajstić information content (AvgIpc) is 2.28. The fourth-order valence-electron chi connectivity index (χ4n) is 1.65. The molecule has 1 heterocycles. The Balaban J connectivity index is 2.51. The van der Waals surface area contributed by atoms with Crippen LogP contribution in [0.1, 0.15) is 5.56 Å². The Kier molecular flexibility index (Phi) is 2.94. The van der Waals surface area contributed by atoms with Crippen LogP contribution in [0.25, 0.3) is 5.70 Å². The van der Waals surface area contributed by atoms with Crippen LogP contribution in [-0.2, 0) is 0 Å². The van der Waals surface area contributed by atoms with E-state index in [0.29, 0.717) is 22.0 Å². The number of rotatable bonds is 1. The number of phenols is 1. The predicted octanol–water partition coefficient (Wildman–Crippen LogP) is 3.45. The SMILES string of the molecule is C=C1C(Cl)=CC=C(c2ccc(O)cc2F)N1C. The number of nitrogens with zero attached hydrogens (tertiary/aromatic N) is 1. The molecule has 0 unspecified atom stereocenters. The number of aromatic hydroxyl groups is 1. The highest BCUT2D eigenvalue weighted by Crippen LogP contribution is 2.32. The van der Waals surface area contributed by atoms with E-state index in [2.05, 4.69) is 6.58 Å². The van der Waals surface area contributed by atoms with Gasteiger partial charge >= 0.3 is 0 Å². The lowest BCUT2D eigenvalue weighted by molar-refractivity contribution is 0.468. The highest BCUT2D eigenvalue weighted by molar-refractivity contribution is 6.32. The molecule has 1 aromatic carbocycles. The number of hydrogen-bond acceptors (Lipinski definition) is 2. The quantitative estimate of drug-likeness (QED) is 0.826. The third kappa shape index (κ3) is 2.06. The molecule has 4 heteroatoms. The minimum atomic E-state index is -0.484. The van der Waals surface area contributed by atoms with Crippen LogP contribution >= 0.6 is 11.6 Å². The van der Waals surface area contributed by atoms with E-state index in [4.69, 9.17) is 11.6 Å². The first kappa shape index (κ1) is 11.7. The lowest BCUT2D eigenvalue weighted by Crippen LogP contribution is -2.18. The van der Waals surface area contributed by atoms with Gasteiger partial charge in [-0.05, 0) is 24.3 Å². The van der Waals surface area contributed by atoms with Crippen molar-refractivity contribution < 1.29 is 9.50 Å². The Bertz CT molecular complexity index is 548. The van der Waals surface area contributed by atoms with E-state index in [1.165, 1.54) is 12.1 Å². The lowest BCUT2D eigenvalue weighted by atomic mass is 10.1. The second-order valence-corrected chi connectivity index (χ2v) is 4.14. The van der Waals surface area contributed by atoms with Crippen molar-refractivity contribution in [3.63, 3.8) is 0 Å². The van der Waals surface area contributed by atoms with Crippen LogP contribution in [0, 0.1) is 5.82 Å². The van der Waals surface area contributed by atoms with Crippen molar-refractivity contribution in [1.29, 1.82) is 0 Å². The van der Waals surface area contributed by atoms with Gasteiger partial charge in [0.1, 0.15) is 11.6 Å². The first-order valence-electron chi connectivity index (χ1n) is 5.00. The maximum atomic E-state index is 13.7. The van der Waals surface area contributed by atoms with Crippen molar-refractivity contribution in [2.75, 3.05) is 7.05 Å². The normalized spacial score (nSPS) is 15.7. The number of phenolic OH excluding ortho intramolecular Hbond substituents is 1. The van der Waals surface area contributed by atoms with Crippen molar-refractivity contribution in [1.82, 2.24) is 4.90 Å². The molecular formula is C13H11ClFNO. The number of benzene rings is 1. The summed E-state index contributed by atoms with van der Waals surface area (Å²) in [5, 5.41) is 9.70. The molecule has 1 aliphatic heterocycles. The third-order valence-corrected chi connectivity index (χ3v) is 3.00. The zero-order valence-corrected chi connectivity index (χ0v) is 10.0. The largest absolute Gasteiger partial charge is 0.508 e. The molecule has 2 nitrogen and oxygen atoms in total. The zero-order chi connectivity index (χ0) is 12.6. The van der Waals surface area contributed by atoms with Gasteiger partial charge in [0.15, 0.2) is 0 Å². The Morgan fingerprint density at radius 1 is 1.35 bits per heavy atom.